The fourth-order valence-electron chi connectivity index (χ4n) is 4.35. The van der Waals surface area contributed by atoms with Gasteiger partial charge in [0, 0.05) is 30.3 Å². The molecule has 0 aliphatic rings. The second kappa shape index (κ2) is 6.48. The minimum absolute atomic E-state index is 0.311. The van der Waals surface area contributed by atoms with E-state index in [4.69, 9.17) is 4.74 Å². The molecule has 1 amide bonds. The molecular weight excluding hydrogens is 362 g/mol. The van der Waals surface area contributed by atoms with E-state index < -0.39 is 6.09 Å². The fraction of sp³-hybridized carbons (Fsp3) is 0.167. The Labute approximate surface area is 167 Å². The molecule has 5 aromatic rings. The van der Waals surface area contributed by atoms with Gasteiger partial charge in [-0.3, -0.25) is 0 Å². The largest absolute Gasteiger partial charge is 0.448 e. The van der Waals surface area contributed by atoms with E-state index in [0.717, 1.165) is 10.9 Å². The Morgan fingerprint density at radius 2 is 1.62 bits per heavy atom. The zero-order valence-corrected chi connectivity index (χ0v) is 16.6. The minimum Gasteiger partial charge on any atom is -0.448 e. The quantitative estimate of drug-likeness (QED) is 0.301. The molecule has 0 radical (unpaired) electrons. The van der Waals surface area contributed by atoms with Crippen LogP contribution in [0.25, 0.3) is 43.6 Å². The van der Waals surface area contributed by atoms with Crippen molar-refractivity contribution < 1.29 is 9.53 Å². The van der Waals surface area contributed by atoms with E-state index in [0.29, 0.717) is 12.0 Å². The van der Waals surface area contributed by atoms with E-state index >= 15 is 0 Å². The highest BCUT2D eigenvalue weighted by Crippen LogP contribution is 2.36. The summed E-state index contributed by atoms with van der Waals surface area (Å²) in [4.78, 5) is 15.9. The molecular formula is C24H21N3O2. The Bertz CT molecular complexity index is 1510. The normalized spacial score (nSPS) is 12.4. The number of para-hydroxylation sites is 1. The maximum absolute atomic E-state index is 11.8. The standard InChI is InChI=1S/C24H21N3O2/c1-4-29-24(28)25-15-12-13-16-17-9-7-11-20-22(17)23(27(3)21(16)14-15)18-8-5-6-10-19(18)26(20)2/h5-14H,4H2,1-3H3/b25-15+. The van der Waals surface area contributed by atoms with Crippen LogP contribution < -0.4 is 5.36 Å². The van der Waals surface area contributed by atoms with Crippen LogP contribution in [0.4, 0.5) is 4.79 Å². The average Bonchev–Trinajstić information content (AvgIpc) is 2.73. The summed E-state index contributed by atoms with van der Waals surface area (Å²) >= 11 is 0. The summed E-state index contributed by atoms with van der Waals surface area (Å²) in [6, 6.07) is 20.7. The number of hydrogen-bond acceptors (Lipinski definition) is 2. The molecule has 29 heavy (non-hydrogen) atoms. The predicted molar refractivity (Wildman–Crippen MR) is 117 cm³/mol. The number of aryl methyl sites for hydroxylation is 2. The van der Waals surface area contributed by atoms with E-state index in [1.165, 1.54) is 32.7 Å². The highest BCUT2D eigenvalue weighted by Gasteiger charge is 2.15. The van der Waals surface area contributed by atoms with E-state index in [1.807, 2.05) is 18.2 Å². The Hall–Kier alpha value is -3.60. The summed E-state index contributed by atoms with van der Waals surface area (Å²) < 4.78 is 9.42. The second-order valence-electron chi connectivity index (χ2n) is 7.20. The Morgan fingerprint density at radius 1 is 0.862 bits per heavy atom. The van der Waals surface area contributed by atoms with Gasteiger partial charge >= 0.3 is 6.09 Å². The summed E-state index contributed by atoms with van der Waals surface area (Å²) in [7, 11) is 4.19. The maximum atomic E-state index is 11.8. The maximum Gasteiger partial charge on any atom is 0.434 e. The van der Waals surface area contributed by atoms with Crippen molar-refractivity contribution in [3.63, 3.8) is 0 Å². The summed E-state index contributed by atoms with van der Waals surface area (Å²) in [5.41, 5.74) is 4.56. The molecule has 0 aliphatic heterocycles. The number of pyridine rings is 2. The third-order valence-corrected chi connectivity index (χ3v) is 5.62. The second-order valence-corrected chi connectivity index (χ2v) is 7.20. The zero-order valence-electron chi connectivity index (χ0n) is 16.6. The van der Waals surface area contributed by atoms with Crippen LogP contribution in [0.3, 0.4) is 0 Å². The van der Waals surface area contributed by atoms with Crippen LogP contribution in [0.15, 0.2) is 65.7 Å². The Kier molecular flexibility index (Phi) is 3.91. The number of carbonyl (C=O) groups is 1. The summed E-state index contributed by atoms with van der Waals surface area (Å²) in [6.07, 6.45) is -0.564. The third kappa shape index (κ3) is 2.54. The molecule has 0 fully saturated rings. The first-order valence-corrected chi connectivity index (χ1v) is 9.70. The number of hydrogen-bond donors (Lipinski definition) is 0. The van der Waals surface area contributed by atoms with Crippen LogP contribution in [0.2, 0.25) is 0 Å². The van der Waals surface area contributed by atoms with Gasteiger partial charge in [-0.1, -0.05) is 36.4 Å². The number of carbonyl (C=O) groups excluding carboxylic acids is 1. The lowest BCUT2D eigenvalue weighted by Crippen LogP contribution is -2.10. The molecule has 0 aliphatic carbocycles. The van der Waals surface area contributed by atoms with E-state index in [2.05, 4.69) is 70.7 Å². The van der Waals surface area contributed by atoms with Crippen molar-refractivity contribution in [2.75, 3.05) is 6.61 Å². The van der Waals surface area contributed by atoms with Crippen molar-refractivity contribution in [2.45, 2.75) is 6.92 Å². The van der Waals surface area contributed by atoms with Gasteiger partial charge in [0.05, 0.1) is 34.0 Å². The van der Waals surface area contributed by atoms with Crippen LogP contribution in [0, 0.1) is 0 Å². The lowest BCUT2D eigenvalue weighted by Gasteiger charge is -2.20. The molecule has 0 N–H and O–H groups in total. The van der Waals surface area contributed by atoms with Gasteiger partial charge < -0.3 is 13.9 Å². The fourth-order valence-corrected chi connectivity index (χ4v) is 4.35. The molecule has 0 saturated heterocycles. The number of fused-ring (bicyclic) bond motifs is 4. The van der Waals surface area contributed by atoms with Gasteiger partial charge in [0.15, 0.2) is 0 Å². The summed E-state index contributed by atoms with van der Waals surface area (Å²) in [5, 5.41) is 5.34. The van der Waals surface area contributed by atoms with Crippen molar-refractivity contribution in [1.82, 2.24) is 9.13 Å². The zero-order chi connectivity index (χ0) is 20.1. The van der Waals surface area contributed by atoms with Crippen molar-refractivity contribution in [3.8, 4) is 0 Å². The van der Waals surface area contributed by atoms with Gasteiger partial charge in [-0.2, -0.15) is 4.99 Å². The first kappa shape index (κ1) is 17.5. The highest BCUT2D eigenvalue weighted by molar-refractivity contribution is 6.24. The number of nitrogens with zero attached hydrogens (tertiary/aromatic N) is 3. The molecule has 2 heterocycles. The third-order valence-electron chi connectivity index (χ3n) is 5.62. The number of rotatable bonds is 1. The van der Waals surface area contributed by atoms with Crippen molar-refractivity contribution >= 4 is 49.7 Å². The number of aromatic nitrogens is 2. The number of amides is 1. The minimum atomic E-state index is -0.564. The molecule has 0 saturated carbocycles. The molecule has 0 unspecified atom stereocenters. The topological polar surface area (TPSA) is 48.5 Å². The van der Waals surface area contributed by atoms with Gasteiger partial charge in [0.1, 0.15) is 0 Å². The van der Waals surface area contributed by atoms with Crippen LogP contribution in [-0.4, -0.2) is 21.8 Å². The van der Waals surface area contributed by atoms with Gasteiger partial charge in [-0.25, -0.2) is 4.79 Å². The monoisotopic (exact) mass is 383 g/mol. The molecule has 0 atom stereocenters. The molecule has 5 heteroatoms. The molecule has 3 aromatic carbocycles. The highest BCUT2D eigenvalue weighted by atomic mass is 16.5. The lowest BCUT2D eigenvalue weighted by atomic mass is 9.99. The molecule has 0 spiro atoms. The van der Waals surface area contributed by atoms with Crippen LogP contribution >= 0.6 is 0 Å². The van der Waals surface area contributed by atoms with Crippen molar-refractivity contribution in [3.05, 3.63) is 66.0 Å². The average molecular weight is 383 g/mol. The molecule has 5 rings (SSSR count). The van der Waals surface area contributed by atoms with Crippen molar-refractivity contribution in [1.29, 1.82) is 0 Å². The van der Waals surface area contributed by atoms with E-state index in [1.54, 1.807) is 6.92 Å². The predicted octanol–water partition coefficient (Wildman–Crippen LogP) is 5.03. The smallest absolute Gasteiger partial charge is 0.434 e. The SMILES string of the molecule is CCOC(=O)/N=c1\ccc2c3cccc4c3c(c3ccccc3n4C)n(C)c2c1. The van der Waals surface area contributed by atoms with Crippen LogP contribution in [-0.2, 0) is 18.8 Å². The molecule has 5 nitrogen and oxygen atoms in total. The van der Waals surface area contributed by atoms with Gasteiger partial charge in [0.2, 0.25) is 0 Å². The Morgan fingerprint density at radius 3 is 2.45 bits per heavy atom. The van der Waals surface area contributed by atoms with Crippen LogP contribution in [0.5, 0.6) is 0 Å². The van der Waals surface area contributed by atoms with E-state index in [-0.39, 0.29) is 0 Å². The van der Waals surface area contributed by atoms with Gasteiger partial charge in [0.25, 0.3) is 0 Å². The number of ether oxygens (including phenoxy) is 1. The first-order valence-electron chi connectivity index (χ1n) is 9.70. The first-order chi connectivity index (χ1) is 14.1. The molecule has 0 bridgehead atoms. The van der Waals surface area contributed by atoms with Gasteiger partial charge in [-0.15, -0.1) is 0 Å². The van der Waals surface area contributed by atoms with Crippen molar-refractivity contribution in [2.24, 2.45) is 19.1 Å². The molecule has 144 valence electrons. The Balaban J connectivity index is 2.00. The lowest BCUT2D eigenvalue weighted by molar-refractivity contribution is 0.162. The van der Waals surface area contributed by atoms with Crippen LogP contribution in [0.1, 0.15) is 6.92 Å². The van der Waals surface area contributed by atoms with Gasteiger partial charge in [-0.05, 0) is 36.6 Å². The van der Waals surface area contributed by atoms with E-state index in [9.17, 15) is 4.79 Å². The molecule has 2 aromatic heterocycles. The summed E-state index contributed by atoms with van der Waals surface area (Å²) in [6.45, 7) is 2.09. The summed E-state index contributed by atoms with van der Waals surface area (Å²) in [5.74, 6) is 0. The number of benzene rings is 3.